The number of ether oxygens (including phenoxy) is 1. The first-order chi connectivity index (χ1) is 15.8. The highest BCUT2D eigenvalue weighted by atomic mass is 19.3. The third-order valence-electron chi connectivity index (χ3n) is 6.83. The number of fused-ring (bicyclic) bond motifs is 2. The van der Waals surface area contributed by atoms with Gasteiger partial charge in [-0.25, -0.2) is 4.79 Å². The van der Waals surface area contributed by atoms with E-state index >= 15 is 0 Å². The normalized spacial score (nSPS) is 20.2. The molecule has 2 heterocycles. The summed E-state index contributed by atoms with van der Waals surface area (Å²) in [6, 6.07) is 9.22. The highest BCUT2D eigenvalue weighted by molar-refractivity contribution is 5.97. The van der Waals surface area contributed by atoms with Gasteiger partial charge in [0.25, 0.3) is 0 Å². The number of carboxylic acids is 1. The van der Waals surface area contributed by atoms with Gasteiger partial charge in [0.2, 0.25) is 5.43 Å². The van der Waals surface area contributed by atoms with Gasteiger partial charge in [0.05, 0.1) is 10.9 Å². The summed E-state index contributed by atoms with van der Waals surface area (Å²) in [6.45, 7) is 1.84. The Morgan fingerprint density at radius 3 is 2.64 bits per heavy atom. The Morgan fingerprint density at radius 2 is 1.97 bits per heavy atom. The fourth-order valence-electron chi connectivity index (χ4n) is 4.73. The smallest absolute Gasteiger partial charge is 0.387 e. The van der Waals surface area contributed by atoms with Crippen molar-refractivity contribution in [1.82, 2.24) is 9.88 Å². The Morgan fingerprint density at radius 1 is 1.21 bits per heavy atom. The first kappa shape index (κ1) is 21.6. The van der Waals surface area contributed by atoms with E-state index in [1.807, 2.05) is 18.2 Å². The topological polar surface area (TPSA) is 80.6 Å². The number of carboxylic acid groups (broad SMARTS) is 1. The molecule has 1 aliphatic heterocycles. The number of rotatable bonds is 5. The van der Waals surface area contributed by atoms with Gasteiger partial charge in [-0.1, -0.05) is 19.1 Å². The molecule has 3 aromatic rings. The average molecular weight is 454 g/mol. The lowest BCUT2D eigenvalue weighted by Crippen LogP contribution is -2.35. The van der Waals surface area contributed by atoms with Crippen LogP contribution in [0, 0.1) is 0 Å². The summed E-state index contributed by atoms with van der Waals surface area (Å²) in [6.07, 6.45) is 2.80. The van der Waals surface area contributed by atoms with Gasteiger partial charge in [0.1, 0.15) is 5.56 Å². The van der Waals surface area contributed by atoms with Crippen LogP contribution < -0.4 is 15.5 Å². The van der Waals surface area contributed by atoms with E-state index in [2.05, 4.69) is 19.2 Å². The molecule has 2 N–H and O–H groups in total. The molecule has 6 nitrogen and oxygen atoms in total. The van der Waals surface area contributed by atoms with Crippen molar-refractivity contribution < 1.29 is 23.4 Å². The van der Waals surface area contributed by atoms with Crippen LogP contribution in [0.5, 0.6) is 5.75 Å². The second-order valence-electron chi connectivity index (χ2n) is 8.90. The molecule has 1 saturated carbocycles. The van der Waals surface area contributed by atoms with Crippen molar-refractivity contribution in [2.24, 2.45) is 0 Å². The van der Waals surface area contributed by atoms with Crippen molar-refractivity contribution in [2.75, 3.05) is 0 Å². The maximum atomic E-state index is 13.6. The number of nitrogens with one attached hydrogen (secondary N) is 1. The number of hydrogen-bond donors (Lipinski definition) is 2. The van der Waals surface area contributed by atoms with Crippen molar-refractivity contribution >= 4 is 16.9 Å². The molecule has 2 aliphatic rings. The minimum absolute atomic E-state index is 0.0586. The molecule has 8 heteroatoms. The number of hydrogen-bond acceptors (Lipinski definition) is 4. The summed E-state index contributed by atoms with van der Waals surface area (Å²) in [5.74, 6) is -1.14. The third kappa shape index (κ3) is 3.68. The Hall–Kier alpha value is -3.26. The predicted octanol–water partition coefficient (Wildman–Crippen LogP) is 4.90. The summed E-state index contributed by atoms with van der Waals surface area (Å²) in [4.78, 5) is 24.5. The Bertz CT molecular complexity index is 1330. The highest BCUT2D eigenvalue weighted by Gasteiger charge is 2.30. The molecule has 2 aromatic carbocycles. The van der Waals surface area contributed by atoms with E-state index in [0.29, 0.717) is 29.6 Å². The summed E-state index contributed by atoms with van der Waals surface area (Å²) >= 11 is 0. The summed E-state index contributed by atoms with van der Waals surface area (Å²) in [5, 5.41) is 13.0. The molecule has 0 unspecified atom stereocenters. The summed E-state index contributed by atoms with van der Waals surface area (Å²) in [7, 11) is 0. The van der Waals surface area contributed by atoms with Gasteiger partial charge in [-0.15, -0.1) is 0 Å². The molecule has 1 aliphatic carbocycles. The lowest BCUT2D eigenvalue weighted by atomic mass is 9.85. The van der Waals surface area contributed by atoms with Crippen LogP contribution in [0.2, 0.25) is 0 Å². The summed E-state index contributed by atoms with van der Waals surface area (Å²) in [5.41, 5.74) is 2.56. The number of pyridine rings is 1. The van der Waals surface area contributed by atoms with Crippen LogP contribution >= 0.6 is 0 Å². The van der Waals surface area contributed by atoms with Crippen molar-refractivity contribution in [2.45, 2.75) is 57.8 Å². The van der Waals surface area contributed by atoms with E-state index < -0.39 is 18.0 Å². The van der Waals surface area contributed by atoms with E-state index in [1.165, 1.54) is 17.8 Å². The standard InChI is InChI=1S/C25H24F2N2O4/c1-12-13(2)28-10-15-9-14(3-6-17(12)15)18-7-8-19-21(23(18)33-25(26)27)29(16-4-5-16)11-20(22(19)30)24(31)32/h3,6-9,11-13,16,25,28H,4-5,10H2,1-2H3,(H,31,32)/t12-,13-/m1/s1. The van der Waals surface area contributed by atoms with Crippen LogP contribution in [-0.2, 0) is 6.54 Å². The number of carbonyl (C=O) groups is 1. The fraction of sp³-hybridized carbons (Fsp3) is 0.360. The zero-order valence-electron chi connectivity index (χ0n) is 18.3. The van der Waals surface area contributed by atoms with Crippen LogP contribution in [0.4, 0.5) is 8.78 Å². The van der Waals surface area contributed by atoms with E-state index in [1.54, 1.807) is 10.6 Å². The number of nitrogens with zero attached hydrogens (tertiary/aromatic N) is 1. The maximum Gasteiger partial charge on any atom is 0.387 e. The largest absolute Gasteiger partial charge is 0.477 e. The fourth-order valence-corrected chi connectivity index (χ4v) is 4.73. The summed E-state index contributed by atoms with van der Waals surface area (Å²) < 4.78 is 33.7. The van der Waals surface area contributed by atoms with Gasteiger partial charge in [-0.05, 0) is 60.6 Å². The minimum Gasteiger partial charge on any atom is -0.477 e. The van der Waals surface area contributed by atoms with Gasteiger partial charge >= 0.3 is 12.6 Å². The number of alkyl halides is 2. The molecule has 1 aromatic heterocycles. The molecule has 0 amide bonds. The molecule has 33 heavy (non-hydrogen) atoms. The highest BCUT2D eigenvalue weighted by Crippen LogP contribution is 2.44. The molecule has 0 spiro atoms. The lowest BCUT2D eigenvalue weighted by Gasteiger charge is -2.30. The SMILES string of the molecule is C[C@H]1NCc2cc(-c3ccc4c(=O)c(C(=O)O)cn(C5CC5)c4c3OC(F)F)ccc2[C@@H]1C. The molecule has 172 valence electrons. The number of aromatic nitrogens is 1. The predicted molar refractivity (Wildman–Crippen MR) is 120 cm³/mol. The van der Waals surface area contributed by atoms with Crippen LogP contribution in [0.25, 0.3) is 22.0 Å². The third-order valence-corrected chi connectivity index (χ3v) is 6.83. The molecule has 5 rings (SSSR count). The van der Waals surface area contributed by atoms with Gasteiger partial charge < -0.3 is 19.7 Å². The number of halogens is 2. The van der Waals surface area contributed by atoms with Gasteiger partial charge in [-0.2, -0.15) is 8.78 Å². The second-order valence-corrected chi connectivity index (χ2v) is 8.90. The molecule has 0 saturated heterocycles. The lowest BCUT2D eigenvalue weighted by molar-refractivity contribution is -0.0486. The minimum atomic E-state index is -3.10. The van der Waals surface area contributed by atoms with Crippen LogP contribution in [0.3, 0.4) is 0 Å². The molecule has 2 atom stereocenters. The number of benzene rings is 2. The Labute approximate surface area is 188 Å². The van der Waals surface area contributed by atoms with E-state index in [0.717, 1.165) is 18.4 Å². The molecular weight excluding hydrogens is 430 g/mol. The first-order valence-corrected chi connectivity index (χ1v) is 11.0. The average Bonchev–Trinajstić information content (AvgIpc) is 3.61. The van der Waals surface area contributed by atoms with Gasteiger partial charge in [0, 0.05) is 30.4 Å². The zero-order valence-corrected chi connectivity index (χ0v) is 18.3. The van der Waals surface area contributed by atoms with Gasteiger partial charge in [-0.3, -0.25) is 4.79 Å². The van der Waals surface area contributed by atoms with E-state index in [-0.39, 0.29) is 28.3 Å². The molecule has 0 radical (unpaired) electrons. The van der Waals surface area contributed by atoms with Crippen LogP contribution in [0.15, 0.2) is 41.3 Å². The quantitative estimate of drug-likeness (QED) is 0.573. The second kappa shape index (κ2) is 7.95. The number of aromatic carboxylic acids is 1. The van der Waals surface area contributed by atoms with Crippen molar-refractivity contribution in [3.05, 3.63) is 63.4 Å². The van der Waals surface area contributed by atoms with Crippen molar-refractivity contribution in [3.63, 3.8) is 0 Å². The van der Waals surface area contributed by atoms with E-state index in [9.17, 15) is 23.5 Å². The van der Waals surface area contributed by atoms with E-state index in [4.69, 9.17) is 4.74 Å². The Kier molecular flexibility index (Phi) is 5.20. The van der Waals surface area contributed by atoms with Crippen molar-refractivity contribution in [3.8, 4) is 16.9 Å². The molecule has 1 fully saturated rings. The van der Waals surface area contributed by atoms with Crippen LogP contribution in [-0.4, -0.2) is 28.3 Å². The Balaban J connectivity index is 1.77. The van der Waals surface area contributed by atoms with Crippen molar-refractivity contribution in [1.29, 1.82) is 0 Å². The molecular formula is C25H24F2N2O4. The zero-order chi connectivity index (χ0) is 23.4. The van der Waals surface area contributed by atoms with Crippen LogP contribution in [0.1, 0.15) is 60.1 Å². The first-order valence-electron chi connectivity index (χ1n) is 11.0. The molecule has 0 bridgehead atoms. The monoisotopic (exact) mass is 454 g/mol. The van der Waals surface area contributed by atoms with Gasteiger partial charge in [0.15, 0.2) is 5.75 Å². The maximum absolute atomic E-state index is 13.6.